The van der Waals surface area contributed by atoms with Gasteiger partial charge < -0.3 is 14.4 Å². The fourth-order valence-corrected chi connectivity index (χ4v) is 4.52. The Kier molecular flexibility index (Phi) is 4.72. The molecule has 2 aromatic heterocycles. The molecule has 0 aliphatic carbocycles. The van der Waals surface area contributed by atoms with Crippen LogP contribution in [0.25, 0.3) is 0 Å². The molecule has 0 bridgehead atoms. The molecular weight excluding hydrogens is 340 g/mol. The van der Waals surface area contributed by atoms with E-state index < -0.39 is 0 Å². The predicted molar refractivity (Wildman–Crippen MR) is 102 cm³/mol. The summed E-state index contributed by atoms with van der Waals surface area (Å²) in [7, 11) is 1.90. The van der Waals surface area contributed by atoms with Gasteiger partial charge in [-0.25, -0.2) is 0 Å². The number of nitrogens with zero attached hydrogens (tertiary/aromatic N) is 4. The van der Waals surface area contributed by atoms with Crippen molar-refractivity contribution in [3.8, 4) is 0 Å². The second kappa shape index (κ2) is 7.18. The van der Waals surface area contributed by atoms with Gasteiger partial charge in [0, 0.05) is 63.7 Å². The summed E-state index contributed by atoms with van der Waals surface area (Å²) in [6.45, 7) is 2.84. The molecule has 0 unspecified atom stereocenters. The lowest BCUT2D eigenvalue weighted by atomic mass is 9.73. The first-order valence-corrected chi connectivity index (χ1v) is 9.64. The van der Waals surface area contributed by atoms with E-state index in [0.29, 0.717) is 13.0 Å². The number of hydrogen-bond donors (Lipinski definition) is 0. The molecule has 6 nitrogen and oxygen atoms in total. The lowest BCUT2D eigenvalue weighted by Crippen LogP contribution is -2.55. The van der Waals surface area contributed by atoms with Crippen molar-refractivity contribution in [2.75, 3.05) is 19.6 Å². The van der Waals surface area contributed by atoms with Gasteiger partial charge >= 0.3 is 0 Å². The molecule has 1 atom stereocenters. The minimum absolute atomic E-state index is 0.00912. The average molecular weight is 366 g/mol. The number of rotatable bonds is 3. The van der Waals surface area contributed by atoms with Gasteiger partial charge in [0.25, 0.3) is 5.91 Å². The molecule has 27 heavy (non-hydrogen) atoms. The van der Waals surface area contributed by atoms with Gasteiger partial charge in [-0.05, 0) is 43.0 Å². The second-order valence-corrected chi connectivity index (χ2v) is 7.95. The first-order valence-electron chi connectivity index (χ1n) is 9.64. The van der Waals surface area contributed by atoms with Crippen LogP contribution < -0.4 is 0 Å². The molecule has 0 saturated carbocycles. The number of amides is 2. The van der Waals surface area contributed by atoms with Gasteiger partial charge in [-0.3, -0.25) is 14.6 Å². The molecular formula is C21H26N4O2. The fourth-order valence-electron chi connectivity index (χ4n) is 4.52. The largest absolute Gasteiger partial charge is 0.347 e. The van der Waals surface area contributed by atoms with E-state index in [1.165, 1.54) is 0 Å². The van der Waals surface area contributed by atoms with Gasteiger partial charge in [-0.2, -0.15) is 0 Å². The number of carbonyl (C=O) groups is 2. The van der Waals surface area contributed by atoms with Crippen LogP contribution in [0.2, 0.25) is 0 Å². The number of piperidine rings is 2. The zero-order chi connectivity index (χ0) is 18.9. The quantitative estimate of drug-likeness (QED) is 0.838. The maximum absolute atomic E-state index is 13.0. The van der Waals surface area contributed by atoms with Crippen LogP contribution >= 0.6 is 0 Å². The smallest absolute Gasteiger partial charge is 0.270 e. The summed E-state index contributed by atoms with van der Waals surface area (Å²) in [6.07, 6.45) is 8.96. The molecule has 2 aliphatic heterocycles. The van der Waals surface area contributed by atoms with Crippen LogP contribution in [0.5, 0.6) is 0 Å². The minimum Gasteiger partial charge on any atom is -0.347 e. The molecule has 142 valence electrons. The molecule has 0 aromatic carbocycles. The van der Waals surface area contributed by atoms with Crippen molar-refractivity contribution >= 4 is 11.8 Å². The third kappa shape index (κ3) is 3.61. The summed E-state index contributed by atoms with van der Waals surface area (Å²) >= 11 is 0. The molecule has 2 saturated heterocycles. The number of aryl methyl sites for hydroxylation is 1. The van der Waals surface area contributed by atoms with Crippen molar-refractivity contribution in [1.29, 1.82) is 0 Å². The van der Waals surface area contributed by atoms with Crippen molar-refractivity contribution in [1.82, 2.24) is 19.4 Å². The highest BCUT2D eigenvalue weighted by Crippen LogP contribution is 2.39. The van der Waals surface area contributed by atoms with Gasteiger partial charge in [0.15, 0.2) is 0 Å². The third-order valence-corrected chi connectivity index (χ3v) is 5.96. The zero-order valence-corrected chi connectivity index (χ0v) is 15.8. The van der Waals surface area contributed by atoms with Crippen LogP contribution in [0, 0.1) is 5.41 Å². The number of hydrogen-bond acceptors (Lipinski definition) is 3. The minimum atomic E-state index is 0.00912. The van der Waals surface area contributed by atoms with E-state index in [1.54, 1.807) is 6.20 Å². The van der Waals surface area contributed by atoms with E-state index >= 15 is 0 Å². The van der Waals surface area contributed by atoms with Crippen LogP contribution in [0.3, 0.4) is 0 Å². The Morgan fingerprint density at radius 1 is 1.22 bits per heavy atom. The highest BCUT2D eigenvalue weighted by molar-refractivity contribution is 5.92. The number of likely N-dealkylation sites (tertiary alicyclic amines) is 2. The van der Waals surface area contributed by atoms with Gasteiger partial charge in [0.1, 0.15) is 5.69 Å². The first-order chi connectivity index (χ1) is 13.1. The van der Waals surface area contributed by atoms with Gasteiger partial charge in [-0.15, -0.1) is 0 Å². The normalized spacial score (nSPS) is 23.1. The van der Waals surface area contributed by atoms with E-state index in [2.05, 4.69) is 4.98 Å². The summed E-state index contributed by atoms with van der Waals surface area (Å²) in [4.78, 5) is 33.6. The zero-order valence-electron chi connectivity index (χ0n) is 15.8. The van der Waals surface area contributed by atoms with Crippen molar-refractivity contribution in [3.05, 3.63) is 54.1 Å². The maximum Gasteiger partial charge on any atom is 0.270 e. The molecule has 1 spiro atoms. The van der Waals surface area contributed by atoms with E-state index in [4.69, 9.17) is 0 Å². The van der Waals surface area contributed by atoms with Gasteiger partial charge in [0.05, 0.1) is 0 Å². The second-order valence-electron chi connectivity index (χ2n) is 7.95. The Morgan fingerprint density at radius 2 is 2.11 bits per heavy atom. The molecule has 2 aromatic rings. The topological polar surface area (TPSA) is 58.4 Å². The molecule has 6 heteroatoms. The van der Waals surface area contributed by atoms with Crippen molar-refractivity contribution in [2.24, 2.45) is 12.5 Å². The highest BCUT2D eigenvalue weighted by Gasteiger charge is 2.43. The number of aromatic nitrogens is 2. The summed E-state index contributed by atoms with van der Waals surface area (Å²) in [5.41, 5.74) is 1.79. The Hall–Kier alpha value is -2.63. The lowest BCUT2D eigenvalue weighted by molar-refractivity contribution is -0.139. The lowest BCUT2D eigenvalue weighted by Gasteiger charge is -2.48. The van der Waals surface area contributed by atoms with E-state index in [0.717, 1.165) is 50.2 Å². The van der Waals surface area contributed by atoms with Crippen molar-refractivity contribution in [2.45, 2.75) is 32.2 Å². The summed E-state index contributed by atoms with van der Waals surface area (Å²) in [5.74, 6) is 0.299. The Labute approximate surface area is 159 Å². The summed E-state index contributed by atoms with van der Waals surface area (Å²) < 4.78 is 1.88. The standard InChI is InChI=1S/C21H26N4O2/c1-23-11-3-6-18(23)20(27)24-12-4-8-21(15-24)9-7-19(26)25(16-21)14-17-5-2-10-22-13-17/h2-3,5-6,10-11,13H,4,7-9,12,14-16H2,1H3/t21-/m1/s1. The van der Waals surface area contributed by atoms with Crippen LogP contribution in [0.4, 0.5) is 0 Å². The van der Waals surface area contributed by atoms with Crippen molar-refractivity contribution in [3.63, 3.8) is 0 Å². The van der Waals surface area contributed by atoms with Crippen molar-refractivity contribution < 1.29 is 9.59 Å². The van der Waals surface area contributed by atoms with Crippen LogP contribution in [-0.2, 0) is 18.4 Å². The van der Waals surface area contributed by atoms with Crippen LogP contribution in [-0.4, -0.2) is 50.8 Å². The summed E-state index contributed by atoms with van der Waals surface area (Å²) in [5, 5.41) is 0. The van der Waals surface area contributed by atoms with E-state index in [9.17, 15) is 9.59 Å². The first kappa shape index (κ1) is 17.8. The van der Waals surface area contributed by atoms with Crippen LogP contribution in [0.1, 0.15) is 41.7 Å². The Morgan fingerprint density at radius 3 is 2.85 bits per heavy atom. The molecule has 2 aliphatic rings. The molecule has 2 amide bonds. The molecule has 0 radical (unpaired) electrons. The summed E-state index contributed by atoms with van der Waals surface area (Å²) in [6, 6.07) is 7.69. The Balaban J connectivity index is 1.49. The highest BCUT2D eigenvalue weighted by atomic mass is 16.2. The number of carbonyl (C=O) groups excluding carboxylic acids is 2. The number of pyridine rings is 1. The SMILES string of the molecule is Cn1cccc1C(=O)N1CCC[C@@]2(CCC(=O)N(Cc3cccnc3)C2)C1. The Bertz CT molecular complexity index is 832. The maximum atomic E-state index is 13.0. The predicted octanol–water partition coefficient (Wildman–Crippen LogP) is 2.47. The van der Waals surface area contributed by atoms with Gasteiger partial charge in [-0.1, -0.05) is 6.07 Å². The molecule has 0 N–H and O–H groups in total. The fraction of sp³-hybridized carbons (Fsp3) is 0.476. The monoisotopic (exact) mass is 366 g/mol. The molecule has 2 fully saturated rings. The average Bonchev–Trinajstić information content (AvgIpc) is 3.11. The van der Waals surface area contributed by atoms with Gasteiger partial charge in [0.2, 0.25) is 5.91 Å². The molecule has 4 rings (SSSR count). The van der Waals surface area contributed by atoms with E-state index in [-0.39, 0.29) is 17.2 Å². The van der Waals surface area contributed by atoms with E-state index in [1.807, 2.05) is 58.1 Å². The molecule has 4 heterocycles. The third-order valence-electron chi connectivity index (χ3n) is 5.96. The van der Waals surface area contributed by atoms with Crippen LogP contribution in [0.15, 0.2) is 42.9 Å².